The summed E-state index contributed by atoms with van der Waals surface area (Å²) in [5.41, 5.74) is 4.61. The smallest absolute Gasteiger partial charge is 0.278 e. The van der Waals surface area contributed by atoms with Crippen LogP contribution in [-0.4, -0.2) is 28.2 Å². The number of ether oxygens (including phenoxy) is 1. The molecule has 6 nitrogen and oxygen atoms in total. The summed E-state index contributed by atoms with van der Waals surface area (Å²) in [5.74, 6) is -0.0582. The zero-order valence-corrected chi connectivity index (χ0v) is 23.6. The summed E-state index contributed by atoms with van der Waals surface area (Å²) in [6.45, 7) is 2.74. The number of carbonyl (C=O) groups excluding carboxylic acids is 1. The molecule has 1 amide bonds. The summed E-state index contributed by atoms with van der Waals surface area (Å²) in [6.07, 6.45) is 8.17. The van der Waals surface area contributed by atoms with Gasteiger partial charge in [0.1, 0.15) is 13.3 Å². The van der Waals surface area contributed by atoms with Crippen molar-refractivity contribution in [2.45, 2.75) is 64.1 Å². The second kappa shape index (κ2) is 12.0. The van der Waals surface area contributed by atoms with E-state index in [2.05, 4.69) is 60.5 Å². The lowest BCUT2D eigenvalue weighted by Crippen LogP contribution is -2.58. The van der Waals surface area contributed by atoms with E-state index in [0.717, 1.165) is 43.2 Å². The molecule has 2 aliphatic rings. The number of aromatic nitrogens is 1. The van der Waals surface area contributed by atoms with E-state index in [4.69, 9.17) is 4.74 Å². The van der Waals surface area contributed by atoms with E-state index in [-0.39, 0.29) is 35.8 Å². The van der Waals surface area contributed by atoms with Gasteiger partial charge in [0.05, 0.1) is 6.04 Å². The quantitative estimate of drug-likeness (QED) is 0.294. The van der Waals surface area contributed by atoms with Gasteiger partial charge in [-0.2, -0.15) is 0 Å². The monoisotopic (exact) mass is 547 g/mol. The van der Waals surface area contributed by atoms with Crippen molar-refractivity contribution in [2.75, 3.05) is 11.7 Å². The maximum Gasteiger partial charge on any atom is 0.278 e. The first-order chi connectivity index (χ1) is 20.1. The number of carbonyl (C=O) groups is 1. The number of fused-ring (bicyclic) bond motifs is 5. The first kappa shape index (κ1) is 26.9. The molecule has 210 valence electrons. The lowest BCUT2D eigenvalue weighted by Gasteiger charge is -2.46. The molecule has 3 heterocycles. The Morgan fingerprint density at radius 2 is 1.51 bits per heavy atom. The number of benzene rings is 3. The molecule has 0 aliphatic carbocycles. The Balaban J connectivity index is 1.54. The molecule has 41 heavy (non-hydrogen) atoms. The average molecular weight is 548 g/mol. The summed E-state index contributed by atoms with van der Waals surface area (Å²) in [6, 6.07) is 30.2. The van der Waals surface area contributed by atoms with E-state index in [1.807, 2.05) is 46.0 Å². The number of aryl methyl sites for hydroxylation is 1. The Bertz CT molecular complexity index is 1550. The van der Waals surface area contributed by atoms with Gasteiger partial charge >= 0.3 is 0 Å². The Kier molecular flexibility index (Phi) is 7.90. The molecule has 2 unspecified atom stereocenters. The third kappa shape index (κ3) is 5.51. The van der Waals surface area contributed by atoms with E-state index >= 15 is 0 Å². The minimum atomic E-state index is -0.287. The third-order valence-corrected chi connectivity index (χ3v) is 8.41. The van der Waals surface area contributed by atoms with Crippen LogP contribution in [0.4, 0.5) is 0 Å². The molecule has 3 aromatic carbocycles. The van der Waals surface area contributed by atoms with Crippen LogP contribution in [0.2, 0.25) is 0 Å². The average Bonchev–Trinajstić information content (AvgIpc) is 3.01. The SMILES string of the molecule is CC1CCCCCCc2ccccc2C(c2ccccc2)N2CN1C(=O)c1c(OCc3ccccc3)c(=O)ccn12. The van der Waals surface area contributed by atoms with E-state index in [1.54, 1.807) is 6.20 Å². The number of hydrogen-bond acceptors (Lipinski definition) is 4. The predicted octanol–water partition coefficient (Wildman–Crippen LogP) is 6.46. The second-order valence-electron chi connectivity index (χ2n) is 11.1. The Hall–Kier alpha value is -4.32. The van der Waals surface area contributed by atoms with Gasteiger partial charge in [-0.25, -0.2) is 0 Å². The van der Waals surface area contributed by atoms with Crippen molar-refractivity contribution in [2.24, 2.45) is 0 Å². The molecule has 0 spiro atoms. The first-order valence-corrected chi connectivity index (χ1v) is 14.7. The minimum Gasteiger partial charge on any atom is -0.482 e. The number of nitrogens with zero attached hydrogens (tertiary/aromatic N) is 3. The van der Waals surface area contributed by atoms with E-state index in [1.165, 1.54) is 23.6 Å². The van der Waals surface area contributed by atoms with Crippen molar-refractivity contribution in [3.8, 4) is 5.75 Å². The van der Waals surface area contributed by atoms with Crippen molar-refractivity contribution in [1.29, 1.82) is 0 Å². The molecular weight excluding hydrogens is 510 g/mol. The fraction of sp³-hybridized carbons (Fsp3) is 0.314. The van der Waals surface area contributed by atoms with Crippen LogP contribution >= 0.6 is 0 Å². The lowest BCUT2D eigenvalue weighted by atomic mass is 9.91. The number of rotatable bonds is 4. The zero-order valence-electron chi connectivity index (χ0n) is 23.6. The molecule has 0 N–H and O–H groups in total. The normalized spacial score (nSPS) is 19.3. The fourth-order valence-electron chi connectivity index (χ4n) is 6.20. The summed E-state index contributed by atoms with van der Waals surface area (Å²) in [5, 5.41) is 2.23. The Morgan fingerprint density at radius 3 is 2.32 bits per heavy atom. The van der Waals surface area contributed by atoms with Crippen LogP contribution in [0.15, 0.2) is 102 Å². The minimum absolute atomic E-state index is 0.0171. The van der Waals surface area contributed by atoms with Crippen LogP contribution in [0.3, 0.4) is 0 Å². The maximum absolute atomic E-state index is 14.3. The van der Waals surface area contributed by atoms with Crippen molar-refractivity contribution < 1.29 is 9.53 Å². The van der Waals surface area contributed by atoms with E-state index in [0.29, 0.717) is 12.4 Å². The Labute approximate surface area is 241 Å². The van der Waals surface area contributed by atoms with Gasteiger partial charge in [-0.05, 0) is 48.4 Å². The van der Waals surface area contributed by atoms with Crippen LogP contribution in [0, 0.1) is 0 Å². The standard InChI is InChI=1S/C35H37N3O3/c1-26-14-6-2-3-9-17-28-18-12-13-21-30(28)32(29-19-10-5-11-20-29)38-25-36(26)35(40)33-34(31(39)22-23-37(33)38)41-24-27-15-7-4-8-16-27/h4-5,7-8,10-13,15-16,18-23,26,32H,2-3,6,9,14,17,24-25H2,1H3. The first-order valence-electron chi connectivity index (χ1n) is 14.7. The van der Waals surface area contributed by atoms with Crippen LogP contribution in [-0.2, 0) is 13.0 Å². The molecule has 6 rings (SSSR count). The van der Waals surface area contributed by atoms with Gasteiger partial charge in [-0.15, -0.1) is 0 Å². The highest BCUT2D eigenvalue weighted by molar-refractivity contribution is 5.96. The number of hydrogen-bond donors (Lipinski definition) is 0. The molecule has 6 heteroatoms. The van der Waals surface area contributed by atoms with Crippen molar-refractivity contribution in [3.63, 3.8) is 0 Å². The van der Waals surface area contributed by atoms with Gasteiger partial charge in [-0.3, -0.25) is 19.3 Å². The molecule has 2 aliphatic heterocycles. The highest BCUT2D eigenvalue weighted by Gasteiger charge is 2.39. The highest BCUT2D eigenvalue weighted by atomic mass is 16.5. The van der Waals surface area contributed by atoms with E-state index < -0.39 is 0 Å². The number of amides is 1. The second-order valence-corrected chi connectivity index (χ2v) is 11.1. The van der Waals surface area contributed by atoms with Gasteiger partial charge in [0.2, 0.25) is 5.43 Å². The number of pyridine rings is 1. The molecule has 4 aromatic rings. The molecule has 0 fully saturated rings. The fourth-order valence-corrected chi connectivity index (χ4v) is 6.20. The maximum atomic E-state index is 14.3. The third-order valence-electron chi connectivity index (χ3n) is 8.41. The topological polar surface area (TPSA) is 54.8 Å². The molecule has 0 saturated carbocycles. The molecule has 2 bridgehead atoms. The largest absolute Gasteiger partial charge is 0.482 e. The van der Waals surface area contributed by atoms with Crippen LogP contribution in [0.1, 0.15) is 77.8 Å². The van der Waals surface area contributed by atoms with Crippen LogP contribution in [0.5, 0.6) is 5.75 Å². The summed E-state index contributed by atoms with van der Waals surface area (Å²) < 4.78 is 8.06. The van der Waals surface area contributed by atoms with Crippen molar-refractivity contribution >= 4 is 5.91 Å². The summed E-state index contributed by atoms with van der Waals surface area (Å²) in [4.78, 5) is 29.5. The lowest BCUT2D eigenvalue weighted by molar-refractivity contribution is 0.0591. The van der Waals surface area contributed by atoms with Gasteiger partial charge in [0.25, 0.3) is 5.91 Å². The molecule has 0 radical (unpaired) electrons. The molecular formula is C35H37N3O3. The van der Waals surface area contributed by atoms with Crippen molar-refractivity contribution in [3.05, 3.63) is 135 Å². The van der Waals surface area contributed by atoms with Crippen LogP contribution in [0.25, 0.3) is 0 Å². The summed E-state index contributed by atoms with van der Waals surface area (Å²) >= 11 is 0. The van der Waals surface area contributed by atoms with Crippen molar-refractivity contribution in [1.82, 2.24) is 9.58 Å². The van der Waals surface area contributed by atoms with Crippen LogP contribution < -0.4 is 15.2 Å². The van der Waals surface area contributed by atoms with Gasteiger partial charge in [0.15, 0.2) is 11.4 Å². The van der Waals surface area contributed by atoms with Gasteiger partial charge < -0.3 is 9.64 Å². The summed E-state index contributed by atoms with van der Waals surface area (Å²) in [7, 11) is 0. The zero-order chi connectivity index (χ0) is 28.2. The van der Waals surface area contributed by atoms with Gasteiger partial charge in [-0.1, -0.05) is 104 Å². The molecule has 2 atom stereocenters. The van der Waals surface area contributed by atoms with E-state index in [9.17, 15) is 9.59 Å². The Morgan fingerprint density at radius 1 is 0.805 bits per heavy atom. The highest BCUT2D eigenvalue weighted by Crippen LogP contribution is 2.35. The predicted molar refractivity (Wildman–Crippen MR) is 162 cm³/mol. The molecule has 0 saturated heterocycles. The van der Waals surface area contributed by atoms with Gasteiger partial charge in [0, 0.05) is 18.3 Å². The molecule has 1 aromatic heterocycles.